The first-order valence-electron chi connectivity index (χ1n) is 27.5. The highest BCUT2D eigenvalue weighted by Crippen LogP contribution is 2.43. The summed E-state index contributed by atoms with van der Waals surface area (Å²) in [5.41, 5.74) is 4.34. The van der Waals surface area contributed by atoms with Crippen molar-refractivity contribution in [1.82, 2.24) is 4.98 Å². The first-order valence-corrected chi connectivity index (χ1v) is 28.3. The molecule has 5 aromatic rings. The Morgan fingerprint density at radius 1 is 0.635 bits per heavy atom. The predicted molar refractivity (Wildman–Crippen MR) is 287 cm³/mol. The van der Waals surface area contributed by atoms with Crippen LogP contribution in [0.15, 0.2) is 71.7 Å². The lowest BCUT2D eigenvalue weighted by molar-refractivity contribution is -0.152. The zero-order chi connectivity index (χ0) is 52.0. The maximum Gasteiger partial charge on any atom is 0.314 e. The van der Waals surface area contributed by atoms with Gasteiger partial charge in [-0.2, -0.15) is 0 Å². The Morgan fingerprint density at radius 2 is 1.18 bits per heavy atom. The lowest BCUT2D eigenvalue weighted by atomic mass is 9.82. The summed E-state index contributed by atoms with van der Waals surface area (Å²) in [5, 5.41) is 1.64. The molecule has 8 rings (SSSR count). The molecular weight excluding hydrogens is 955 g/mol. The van der Waals surface area contributed by atoms with Crippen molar-refractivity contribution in [2.45, 2.75) is 168 Å². The molecule has 2 heterocycles. The molecule has 0 radical (unpaired) electrons. The fourth-order valence-corrected chi connectivity index (χ4v) is 11.8. The first kappa shape index (κ1) is 54.6. The number of furan rings is 1. The van der Waals surface area contributed by atoms with Crippen LogP contribution < -0.4 is 14.2 Å². The number of hydrogen-bond donors (Lipinski definition) is 0. The van der Waals surface area contributed by atoms with E-state index in [4.69, 9.17) is 33.1 Å². The molecule has 0 atom stereocenters. The van der Waals surface area contributed by atoms with Crippen LogP contribution in [-0.2, 0) is 39.9 Å². The third kappa shape index (κ3) is 15.0. The summed E-state index contributed by atoms with van der Waals surface area (Å²) in [6.45, 7) is 11.0. The highest BCUT2D eigenvalue weighted by Gasteiger charge is 2.33. The van der Waals surface area contributed by atoms with E-state index in [1.54, 1.807) is 36.4 Å². The number of allylic oxidation sites excluding steroid dienone is 1. The van der Waals surface area contributed by atoms with Crippen LogP contribution in [0.5, 0.6) is 17.2 Å². The molecule has 13 heteroatoms. The third-order valence-electron chi connectivity index (χ3n) is 15.5. The van der Waals surface area contributed by atoms with Gasteiger partial charge in [-0.05, 0) is 169 Å². The van der Waals surface area contributed by atoms with Gasteiger partial charge >= 0.3 is 23.9 Å². The zero-order valence-corrected chi connectivity index (χ0v) is 44.6. The number of esters is 4. The van der Waals surface area contributed by atoms with E-state index in [0.717, 1.165) is 105 Å². The Bertz CT molecular complexity index is 2710. The molecule has 0 bridgehead atoms. The molecule has 396 valence electrons. The number of benzene rings is 3. The highest BCUT2D eigenvalue weighted by atomic mass is 32.1. The first-order chi connectivity index (χ1) is 35.9. The lowest BCUT2D eigenvalue weighted by Crippen LogP contribution is -2.29. The van der Waals surface area contributed by atoms with Crippen molar-refractivity contribution in [1.29, 1.82) is 0 Å². The van der Waals surface area contributed by atoms with Crippen molar-refractivity contribution in [3.63, 3.8) is 0 Å². The molecule has 3 aromatic carbocycles. The number of aromatic nitrogens is 1. The van der Waals surface area contributed by atoms with Crippen LogP contribution in [0.2, 0.25) is 0 Å². The van der Waals surface area contributed by atoms with Crippen LogP contribution in [0.4, 0.5) is 0 Å². The molecule has 0 N–H and O–H groups in total. The van der Waals surface area contributed by atoms with Gasteiger partial charge in [0.05, 0.1) is 36.4 Å². The lowest BCUT2D eigenvalue weighted by Gasteiger charge is -2.27. The molecule has 74 heavy (non-hydrogen) atoms. The standard InChI is InChI=1S/C61H75NO11S/c1-5-47(63)37-42-17-27-49(28-18-42)70-59(65)45-23-21-43(22-24-45)58(64)69-34-14-12-10-8-6-7-9-11-13-33-68-48-29-25-46(26-30-48)61(67)73-52-32-31-51(72-60(66)44-19-15-39(2)16-20-44)55-56(52)74-57(62-55)54-38-50-41(4)35-40(3)36-53(50)71-54/h5,17-18,27-28,31-32,35-36,38-39,43-46,48H,1,6-16,19-26,29-30,33-34,37H2,2-4H3. The van der Waals surface area contributed by atoms with E-state index >= 15 is 0 Å². The van der Waals surface area contributed by atoms with Crippen molar-refractivity contribution >= 4 is 62.2 Å². The maximum absolute atomic E-state index is 13.7. The second-order valence-corrected chi connectivity index (χ2v) is 22.3. The van der Waals surface area contributed by atoms with Crippen molar-refractivity contribution in [2.75, 3.05) is 13.2 Å². The molecule has 0 spiro atoms. The van der Waals surface area contributed by atoms with Crippen molar-refractivity contribution in [3.8, 4) is 28.0 Å². The quantitative estimate of drug-likeness (QED) is 0.0250. The second kappa shape index (κ2) is 26.7. The summed E-state index contributed by atoms with van der Waals surface area (Å²) in [6.07, 6.45) is 20.8. The molecule has 12 nitrogen and oxygen atoms in total. The van der Waals surface area contributed by atoms with Gasteiger partial charge in [-0.25, -0.2) is 4.98 Å². The number of carbonyl (C=O) groups excluding carboxylic acids is 5. The third-order valence-corrected chi connectivity index (χ3v) is 16.6. The molecule has 2 aromatic heterocycles. The van der Waals surface area contributed by atoms with Gasteiger partial charge in [-0.1, -0.05) is 76.6 Å². The minimum Gasteiger partial charge on any atom is -0.465 e. The summed E-state index contributed by atoms with van der Waals surface area (Å²) in [6, 6.07) is 16.5. The number of fused-ring (bicyclic) bond motifs is 2. The van der Waals surface area contributed by atoms with Crippen LogP contribution in [0, 0.1) is 43.4 Å². The van der Waals surface area contributed by atoms with E-state index in [9.17, 15) is 24.0 Å². The predicted octanol–water partition coefficient (Wildman–Crippen LogP) is 14.3. The minimum absolute atomic E-state index is 0.0635. The summed E-state index contributed by atoms with van der Waals surface area (Å²) in [5.74, 6) is 0.715. The summed E-state index contributed by atoms with van der Waals surface area (Å²) in [4.78, 5) is 69.1. The molecule has 0 unspecified atom stereocenters. The fourth-order valence-electron chi connectivity index (χ4n) is 10.9. The SMILES string of the molecule is C=CC(=O)Cc1ccc(OC(=O)C2CCC(C(=O)OCCCCCCCCCCCOC3CCC(C(=O)Oc4ccc(OC(=O)C5CCC(C)CC5)c5nc(-c6cc7c(C)cc(C)cc7o6)sc45)CC3)CC2)cc1. The normalized spacial score (nSPS) is 21.0. The van der Waals surface area contributed by atoms with E-state index in [1.165, 1.54) is 43.1 Å². The average molecular weight is 1030 g/mol. The van der Waals surface area contributed by atoms with E-state index in [-0.39, 0.29) is 65.9 Å². The molecule has 3 fully saturated rings. The minimum atomic E-state index is -0.278. The van der Waals surface area contributed by atoms with Crippen LogP contribution >= 0.6 is 11.3 Å². The number of carbonyl (C=O) groups is 5. The van der Waals surface area contributed by atoms with Crippen LogP contribution in [-0.4, -0.2) is 54.0 Å². The topological polar surface area (TPSA) is 158 Å². The van der Waals surface area contributed by atoms with Gasteiger partial charge in [-0.15, -0.1) is 11.3 Å². The van der Waals surface area contributed by atoms with Gasteiger partial charge in [-0.3, -0.25) is 24.0 Å². The van der Waals surface area contributed by atoms with E-state index in [2.05, 4.69) is 26.5 Å². The van der Waals surface area contributed by atoms with E-state index < -0.39 is 0 Å². The van der Waals surface area contributed by atoms with Gasteiger partial charge < -0.3 is 28.1 Å². The number of ketones is 1. The van der Waals surface area contributed by atoms with Crippen molar-refractivity contribution in [2.24, 2.45) is 29.6 Å². The molecule has 0 amide bonds. The van der Waals surface area contributed by atoms with Gasteiger partial charge in [0.1, 0.15) is 21.5 Å². The van der Waals surface area contributed by atoms with E-state index in [0.29, 0.717) is 89.3 Å². The molecule has 3 aliphatic rings. The number of thiazole rings is 1. The molecular formula is C61H75NO11S. The Hall–Kier alpha value is -5.66. The molecule has 3 saturated carbocycles. The zero-order valence-electron chi connectivity index (χ0n) is 43.8. The summed E-state index contributed by atoms with van der Waals surface area (Å²) < 4.78 is 36.6. The number of hydrogen-bond acceptors (Lipinski definition) is 13. The van der Waals surface area contributed by atoms with Gasteiger partial charge in [0.2, 0.25) is 0 Å². The highest BCUT2D eigenvalue weighted by molar-refractivity contribution is 7.22. The van der Waals surface area contributed by atoms with E-state index in [1.807, 2.05) is 19.1 Å². The van der Waals surface area contributed by atoms with Crippen LogP contribution in [0.25, 0.3) is 32.0 Å². The smallest absolute Gasteiger partial charge is 0.314 e. The Labute approximate surface area is 440 Å². The van der Waals surface area contributed by atoms with Gasteiger partial charge in [0.15, 0.2) is 28.1 Å². The molecule has 0 saturated heterocycles. The number of nitrogens with zero attached hydrogens (tertiary/aromatic N) is 1. The Kier molecular flexibility index (Phi) is 19.7. The number of ether oxygens (including phenoxy) is 5. The van der Waals surface area contributed by atoms with Gasteiger partial charge in [0.25, 0.3) is 0 Å². The summed E-state index contributed by atoms with van der Waals surface area (Å²) >= 11 is 1.38. The van der Waals surface area contributed by atoms with Crippen molar-refractivity contribution < 1.29 is 52.1 Å². The fraction of sp³-hybridized carbons (Fsp3) is 0.541. The van der Waals surface area contributed by atoms with Crippen LogP contribution in [0.3, 0.4) is 0 Å². The number of aryl methyl sites for hydroxylation is 2. The second-order valence-electron chi connectivity index (χ2n) is 21.3. The van der Waals surface area contributed by atoms with Crippen LogP contribution in [0.1, 0.15) is 158 Å². The van der Waals surface area contributed by atoms with Crippen molar-refractivity contribution in [3.05, 3.63) is 83.9 Å². The summed E-state index contributed by atoms with van der Waals surface area (Å²) in [7, 11) is 0. The molecule has 3 aliphatic carbocycles. The average Bonchev–Trinajstić information content (AvgIpc) is 4.06. The maximum atomic E-state index is 13.7. The molecule has 0 aliphatic heterocycles. The monoisotopic (exact) mass is 1030 g/mol. The van der Waals surface area contributed by atoms with Gasteiger partial charge in [0, 0.05) is 18.4 Å². The Morgan fingerprint density at radius 3 is 1.81 bits per heavy atom. The number of rotatable bonds is 24. The largest absolute Gasteiger partial charge is 0.465 e. The number of unbranched alkanes of at least 4 members (excludes halogenated alkanes) is 8. The Balaban J connectivity index is 0.674.